The summed E-state index contributed by atoms with van der Waals surface area (Å²) in [7, 11) is 0. The highest BCUT2D eigenvalue weighted by Gasteiger charge is 2.28. The molecule has 1 aromatic carbocycles. The lowest BCUT2D eigenvalue weighted by Gasteiger charge is -2.17. The molecule has 24 heavy (non-hydrogen) atoms. The fraction of sp³-hybridized carbons (Fsp3) is 0.105. The number of aromatic nitrogens is 2. The monoisotopic (exact) mass is 335 g/mol. The van der Waals surface area contributed by atoms with Gasteiger partial charge in [-0.3, -0.25) is 14.8 Å². The van der Waals surface area contributed by atoms with Crippen LogP contribution >= 0.6 is 11.6 Å². The summed E-state index contributed by atoms with van der Waals surface area (Å²) in [5.74, 6) is -0.0435. The van der Waals surface area contributed by atoms with E-state index in [1.165, 1.54) is 0 Å². The van der Waals surface area contributed by atoms with E-state index in [4.69, 9.17) is 11.6 Å². The molecule has 0 aliphatic carbocycles. The second-order valence-electron chi connectivity index (χ2n) is 5.72. The minimum Gasteiger partial charge on any atom is -0.329 e. The van der Waals surface area contributed by atoms with Crippen molar-refractivity contribution in [2.75, 3.05) is 0 Å². The van der Waals surface area contributed by atoms with Gasteiger partial charge in [-0.1, -0.05) is 35.9 Å². The normalized spacial score (nSPS) is 13.2. The fourth-order valence-corrected chi connectivity index (χ4v) is 3.15. The van der Waals surface area contributed by atoms with Crippen LogP contribution in [0.3, 0.4) is 0 Å². The number of carbonyl (C=O) groups excluding carboxylic acids is 1. The Balaban J connectivity index is 1.57. The standard InChI is InChI=1S/C19H14ClN3O/c20-17-9-13(14-3-1-7-21-10-14)5-6-15(17)11-23-12-16-4-2-8-22-18(16)19(23)24/h1-10H,11-12H2. The number of benzene rings is 1. The molecule has 1 aliphatic rings. The molecule has 4 nitrogen and oxygen atoms in total. The van der Waals surface area contributed by atoms with Crippen LogP contribution in [0.1, 0.15) is 21.6 Å². The van der Waals surface area contributed by atoms with Gasteiger partial charge in [0.2, 0.25) is 0 Å². The van der Waals surface area contributed by atoms with Gasteiger partial charge in [-0.25, -0.2) is 0 Å². The molecule has 0 bridgehead atoms. The minimum atomic E-state index is -0.0435. The highest BCUT2D eigenvalue weighted by molar-refractivity contribution is 6.31. The third-order valence-electron chi connectivity index (χ3n) is 4.15. The number of rotatable bonds is 3. The first kappa shape index (κ1) is 14.8. The van der Waals surface area contributed by atoms with E-state index in [1.54, 1.807) is 23.5 Å². The number of fused-ring (bicyclic) bond motifs is 1. The average molecular weight is 336 g/mol. The first-order valence-electron chi connectivity index (χ1n) is 7.64. The summed E-state index contributed by atoms with van der Waals surface area (Å²) >= 11 is 6.44. The number of halogens is 1. The molecule has 0 spiro atoms. The highest BCUT2D eigenvalue weighted by Crippen LogP contribution is 2.28. The zero-order chi connectivity index (χ0) is 16.5. The SMILES string of the molecule is O=C1c2ncccc2CN1Cc1ccc(-c2cccnc2)cc1Cl. The summed E-state index contributed by atoms with van der Waals surface area (Å²) in [6.07, 6.45) is 5.19. The molecule has 3 heterocycles. The largest absolute Gasteiger partial charge is 0.329 e. The van der Waals surface area contributed by atoms with Crippen molar-refractivity contribution in [2.24, 2.45) is 0 Å². The van der Waals surface area contributed by atoms with Crippen molar-refractivity contribution in [2.45, 2.75) is 13.1 Å². The Morgan fingerprint density at radius 2 is 1.96 bits per heavy atom. The van der Waals surface area contributed by atoms with Crippen LogP contribution in [0.5, 0.6) is 0 Å². The van der Waals surface area contributed by atoms with Gasteiger partial charge in [0, 0.05) is 47.8 Å². The van der Waals surface area contributed by atoms with Crippen LogP contribution in [0.15, 0.2) is 61.1 Å². The third-order valence-corrected chi connectivity index (χ3v) is 4.50. The van der Waals surface area contributed by atoms with Crippen molar-refractivity contribution in [3.05, 3.63) is 82.9 Å². The van der Waals surface area contributed by atoms with Gasteiger partial charge in [-0.15, -0.1) is 0 Å². The van der Waals surface area contributed by atoms with Crippen molar-refractivity contribution >= 4 is 17.5 Å². The Bertz CT molecular complexity index is 911. The van der Waals surface area contributed by atoms with E-state index in [9.17, 15) is 4.79 Å². The molecule has 0 saturated heterocycles. The summed E-state index contributed by atoms with van der Waals surface area (Å²) in [4.78, 5) is 22.5. The summed E-state index contributed by atoms with van der Waals surface area (Å²) < 4.78 is 0. The average Bonchev–Trinajstić information content (AvgIpc) is 2.94. The molecule has 4 rings (SSSR count). The van der Waals surface area contributed by atoms with Crippen molar-refractivity contribution < 1.29 is 4.79 Å². The van der Waals surface area contributed by atoms with E-state index in [0.29, 0.717) is 23.8 Å². The molecule has 0 fully saturated rings. The Morgan fingerprint density at radius 3 is 2.71 bits per heavy atom. The number of hydrogen-bond acceptors (Lipinski definition) is 3. The van der Waals surface area contributed by atoms with Crippen molar-refractivity contribution in [3.8, 4) is 11.1 Å². The molecule has 0 N–H and O–H groups in total. The quantitative estimate of drug-likeness (QED) is 0.728. The van der Waals surface area contributed by atoms with Crippen LogP contribution in [0.2, 0.25) is 5.02 Å². The summed E-state index contributed by atoms with van der Waals surface area (Å²) in [6, 6.07) is 13.6. The van der Waals surface area contributed by atoms with E-state index in [0.717, 1.165) is 22.3 Å². The van der Waals surface area contributed by atoms with Crippen LogP contribution in [0, 0.1) is 0 Å². The van der Waals surface area contributed by atoms with E-state index >= 15 is 0 Å². The van der Waals surface area contributed by atoms with E-state index in [1.807, 2.05) is 42.5 Å². The van der Waals surface area contributed by atoms with Gasteiger partial charge in [0.1, 0.15) is 5.69 Å². The van der Waals surface area contributed by atoms with Gasteiger partial charge in [0.25, 0.3) is 5.91 Å². The van der Waals surface area contributed by atoms with Crippen LogP contribution < -0.4 is 0 Å². The summed E-state index contributed by atoms with van der Waals surface area (Å²) in [5, 5.41) is 0.646. The number of amides is 1. The van der Waals surface area contributed by atoms with Crippen LogP contribution in [0.4, 0.5) is 0 Å². The van der Waals surface area contributed by atoms with Crippen molar-refractivity contribution in [1.82, 2.24) is 14.9 Å². The fourth-order valence-electron chi connectivity index (χ4n) is 2.91. The topological polar surface area (TPSA) is 46.1 Å². The zero-order valence-electron chi connectivity index (χ0n) is 12.8. The predicted octanol–water partition coefficient (Wildman–Crippen LogP) is 3.95. The molecule has 2 aromatic heterocycles. The summed E-state index contributed by atoms with van der Waals surface area (Å²) in [6.45, 7) is 1.05. The lowest BCUT2D eigenvalue weighted by atomic mass is 10.1. The molecule has 0 atom stereocenters. The molecular weight excluding hydrogens is 322 g/mol. The lowest BCUT2D eigenvalue weighted by Crippen LogP contribution is -2.23. The van der Waals surface area contributed by atoms with Gasteiger partial charge < -0.3 is 4.90 Å². The number of nitrogens with zero attached hydrogens (tertiary/aromatic N) is 3. The van der Waals surface area contributed by atoms with Crippen molar-refractivity contribution in [1.29, 1.82) is 0 Å². The Hall–Kier alpha value is -2.72. The number of hydrogen-bond donors (Lipinski definition) is 0. The lowest BCUT2D eigenvalue weighted by molar-refractivity contribution is 0.0762. The molecule has 5 heteroatoms. The molecule has 1 aliphatic heterocycles. The Kier molecular flexibility index (Phi) is 3.75. The maximum absolute atomic E-state index is 12.4. The molecule has 118 valence electrons. The van der Waals surface area contributed by atoms with Crippen LogP contribution in [0.25, 0.3) is 11.1 Å². The zero-order valence-corrected chi connectivity index (χ0v) is 13.6. The van der Waals surface area contributed by atoms with E-state index in [-0.39, 0.29) is 5.91 Å². The smallest absolute Gasteiger partial charge is 0.273 e. The van der Waals surface area contributed by atoms with Gasteiger partial charge >= 0.3 is 0 Å². The molecule has 0 radical (unpaired) electrons. The number of carbonyl (C=O) groups is 1. The second kappa shape index (κ2) is 6.06. The molecular formula is C19H14ClN3O. The Labute approximate surface area is 144 Å². The third kappa shape index (κ3) is 2.65. The van der Waals surface area contributed by atoms with Gasteiger partial charge in [0.15, 0.2) is 0 Å². The molecule has 1 amide bonds. The molecule has 3 aromatic rings. The van der Waals surface area contributed by atoms with Gasteiger partial charge in [0.05, 0.1) is 0 Å². The van der Waals surface area contributed by atoms with Gasteiger partial charge in [-0.05, 0) is 29.3 Å². The maximum atomic E-state index is 12.4. The van der Waals surface area contributed by atoms with Gasteiger partial charge in [-0.2, -0.15) is 0 Å². The maximum Gasteiger partial charge on any atom is 0.273 e. The van der Waals surface area contributed by atoms with E-state index < -0.39 is 0 Å². The van der Waals surface area contributed by atoms with E-state index in [2.05, 4.69) is 9.97 Å². The van der Waals surface area contributed by atoms with Crippen LogP contribution in [-0.4, -0.2) is 20.8 Å². The van der Waals surface area contributed by atoms with Crippen molar-refractivity contribution in [3.63, 3.8) is 0 Å². The first-order valence-corrected chi connectivity index (χ1v) is 8.02. The first-order chi connectivity index (χ1) is 11.7. The number of pyridine rings is 2. The molecule has 0 unspecified atom stereocenters. The Morgan fingerprint density at radius 1 is 1.08 bits per heavy atom. The predicted molar refractivity (Wildman–Crippen MR) is 92.5 cm³/mol. The second-order valence-corrected chi connectivity index (χ2v) is 6.13. The minimum absolute atomic E-state index is 0.0435. The van der Waals surface area contributed by atoms with Crippen LogP contribution in [-0.2, 0) is 13.1 Å². The highest BCUT2D eigenvalue weighted by atomic mass is 35.5. The summed E-state index contributed by atoms with van der Waals surface area (Å²) in [5.41, 5.74) is 4.45. The molecule has 0 saturated carbocycles.